The van der Waals surface area contributed by atoms with Crippen molar-refractivity contribution in [1.82, 2.24) is 0 Å². The fourth-order valence-electron chi connectivity index (χ4n) is 1.45. The SMILES string of the molecule is CC1Oc2cc(S(=O)(=O)Cl)cc(N)c2NC1=O. The molecule has 1 heterocycles. The quantitative estimate of drug-likeness (QED) is 0.587. The number of nitrogen functional groups attached to an aromatic ring is 1. The molecule has 17 heavy (non-hydrogen) atoms. The average Bonchev–Trinajstić information content (AvgIpc) is 2.19. The number of carbonyl (C=O) groups is 1. The summed E-state index contributed by atoms with van der Waals surface area (Å²) in [5.41, 5.74) is 5.98. The lowest BCUT2D eigenvalue weighted by atomic mass is 10.2. The van der Waals surface area contributed by atoms with Gasteiger partial charge in [0.1, 0.15) is 11.4 Å². The summed E-state index contributed by atoms with van der Waals surface area (Å²) in [7, 11) is 1.32. The molecule has 0 fully saturated rings. The Kier molecular flexibility index (Phi) is 2.67. The van der Waals surface area contributed by atoms with Crippen LogP contribution in [0.4, 0.5) is 11.4 Å². The van der Waals surface area contributed by atoms with Gasteiger partial charge in [-0.1, -0.05) is 0 Å². The lowest BCUT2D eigenvalue weighted by molar-refractivity contribution is -0.122. The molecular formula is C9H9ClN2O4S. The molecule has 1 unspecified atom stereocenters. The van der Waals surface area contributed by atoms with Gasteiger partial charge in [-0.05, 0) is 13.0 Å². The molecule has 1 amide bonds. The molecule has 1 aromatic carbocycles. The van der Waals surface area contributed by atoms with E-state index in [9.17, 15) is 13.2 Å². The van der Waals surface area contributed by atoms with E-state index in [1.807, 2.05) is 0 Å². The van der Waals surface area contributed by atoms with E-state index in [1.165, 1.54) is 19.1 Å². The van der Waals surface area contributed by atoms with E-state index in [0.717, 1.165) is 0 Å². The number of rotatable bonds is 1. The molecule has 0 saturated heterocycles. The zero-order valence-electron chi connectivity index (χ0n) is 8.73. The van der Waals surface area contributed by atoms with Crippen LogP contribution in [0.3, 0.4) is 0 Å². The largest absolute Gasteiger partial charge is 0.479 e. The molecule has 92 valence electrons. The highest BCUT2D eigenvalue weighted by Crippen LogP contribution is 2.38. The Morgan fingerprint density at radius 1 is 1.47 bits per heavy atom. The molecule has 1 atom stereocenters. The third-order valence-corrected chi connectivity index (χ3v) is 3.64. The van der Waals surface area contributed by atoms with Crippen molar-refractivity contribution in [1.29, 1.82) is 0 Å². The van der Waals surface area contributed by atoms with Crippen LogP contribution in [-0.2, 0) is 13.8 Å². The maximum absolute atomic E-state index is 11.4. The number of amides is 1. The number of nitrogens with two attached hydrogens (primary N) is 1. The zero-order chi connectivity index (χ0) is 12.8. The van der Waals surface area contributed by atoms with E-state index in [4.69, 9.17) is 21.2 Å². The van der Waals surface area contributed by atoms with Gasteiger partial charge in [0.2, 0.25) is 0 Å². The lowest BCUT2D eigenvalue weighted by Gasteiger charge is -2.24. The Hall–Kier alpha value is -1.47. The van der Waals surface area contributed by atoms with Gasteiger partial charge in [0.05, 0.1) is 10.6 Å². The van der Waals surface area contributed by atoms with Gasteiger partial charge in [0.15, 0.2) is 6.10 Å². The van der Waals surface area contributed by atoms with Crippen molar-refractivity contribution >= 4 is 37.0 Å². The van der Waals surface area contributed by atoms with Crippen molar-refractivity contribution in [3.05, 3.63) is 12.1 Å². The third kappa shape index (κ3) is 2.16. The smallest absolute Gasteiger partial charge is 0.265 e. The highest BCUT2D eigenvalue weighted by molar-refractivity contribution is 8.13. The molecule has 1 aliphatic rings. The first-order valence-corrected chi connectivity index (χ1v) is 6.95. The second-order valence-corrected chi connectivity index (χ2v) is 6.14. The van der Waals surface area contributed by atoms with Crippen molar-refractivity contribution < 1.29 is 17.9 Å². The van der Waals surface area contributed by atoms with Crippen LogP contribution >= 0.6 is 10.7 Å². The number of halogens is 1. The minimum atomic E-state index is -3.89. The van der Waals surface area contributed by atoms with Crippen LogP contribution in [0.5, 0.6) is 5.75 Å². The fraction of sp³-hybridized carbons (Fsp3) is 0.222. The second kappa shape index (κ2) is 3.78. The molecule has 1 aromatic rings. The predicted octanol–water partition coefficient (Wildman–Crippen LogP) is 0.916. The topological polar surface area (TPSA) is 98.5 Å². The molecule has 8 heteroatoms. The van der Waals surface area contributed by atoms with Crippen molar-refractivity contribution in [2.45, 2.75) is 17.9 Å². The van der Waals surface area contributed by atoms with E-state index in [0.29, 0.717) is 0 Å². The van der Waals surface area contributed by atoms with Crippen molar-refractivity contribution in [3.8, 4) is 5.75 Å². The molecule has 0 radical (unpaired) electrons. The summed E-state index contributed by atoms with van der Waals surface area (Å²) < 4.78 is 27.6. The lowest BCUT2D eigenvalue weighted by Crippen LogP contribution is -2.34. The molecular weight excluding hydrogens is 268 g/mol. The Balaban J connectivity index is 2.59. The molecule has 0 saturated carbocycles. The van der Waals surface area contributed by atoms with Gasteiger partial charge in [0.25, 0.3) is 15.0 Å². The normalized spacial score (nSPS) is 19.2. The van der Waals surface area contributed by atoms with Crippen LogP contribution in [0.1, 0.15) is 6.92 Å². The van der Waals surface area contributed by atoms with Gasteiger partial charge >= 0.3 is 0 Å². The van der Waals surface area contributed by atoms with Gasteiger partial charge in [-0.3, -0.25) is 4.79 Å². The number of hydrogen-bond donors (Lipinski definition) is 2. The van der Waals surface area contributed by atoms with E-state index < -0.39 is 15.2 Å². The van der Waals surface area contributed by atoms with Crippen molar-refractivity contribution in [3.63, 3.8) is 0 Å². The number of hydrogen-bond acceptors (Lipinski definition) is 5. The maximum atomic E-state index is 11.4. The fourth-order valence-corrected chi connectivity index (χ4v) is 2.23. The summed E-state index contributed by atoms with van der Waals surface area (Å²) in [6.45, 7) is 1.54. The van der Waals surface area contributed by atoms with Gasteiger partial charge in [-0.25, -0.2) is 8.42 Å². The number of ether oxygens (including phenoxy) is 1. The number of benzene rings is 1. The molecule has 0 aromatic heterocycles. The number of fused-ring (bicyclic) bond motifs is 1. The second-order valence-electron chi connectivity index (χ2n) is 3.57. The van der Waals surface area contributed by atoms with Gasteiger partial charge in [-0.2, -0.15) is 0 Å². The Labute approximate surface area is 102 Å². The summed E-state index contributed by atoms with van der Waals surface area (Å²) in [6.07, 6.45) is -0.713. The molecule has 0 spiro atoms. The predicted molar refractivity (Wildman–Crippen MR) is 62.6 cm³/mol. The van der Waals surface area contributed by atoms with E-state index in [2.05, 4.69) is 5.32 Å². The summed E-state index contributed by atoms with van der Waals surface area (Å²) in [5, 5.41) is 2.53. The molecule has 0 bridgehead atoms. The molecule has 2 rings (SSSR count). The van der Waals surface area contributed by atoms with E-state index in [1.54, 1.807) is 0 Å². The summed E-state index contributed by atoms with van der Waals surface area (Å²) in [5.74, 6) is -0.151. The van der Waals surface area contributed by atoms with Crippen molar-refractivity contribution in [2.75, 3.05) is 11.1 Å². The number of anilines is 2. The van der Waals surface area contributed by atoms with Gasteiger partial charge in [-0.15, -0.1) is 0 Å². The molecule has 0 aliphatic carbocycles. The Bertz CT molecular complexity index is 599. The van der Waals surface area contributed by atoms with Gasteiger partial charge in [0, 0.05) is 16.7 Å². The summed E-state index contributed by atoms with van der Waals surface area (Å²) >= 11 is 0. The first-order valence-electron chi connectivity index (χ1n) is 4.65. The van der Waals surface area contributed by atoms with Crippen LogP contribution in [0.2, 0.25) is 0 Å². The van der Waals surface area contributed by atoms with Crippen LogP contribution in [0, 0.1) is 0 Å². The van der Waals surface area contributed by atoms with Gasteiger partial charge < -0.3 is 15.8 Å². The summed E-state index contributed by atoms with van der Waals surface area (Å²) in [6, 6.07) is 2.39. The molecule has 1 aliphatic heterocycles. The first-order chi connectivity index (χ1) is 7.79. The van der Waals surface area contributed by atoms with Crippen LogP contribution in [-0.4, -0.2) is 20.4 Å². The molecule has 3 N–H and O–H groups in total. The number of nitrogens with one attached hydrogen (secondary N) is 1. The highest BCUT2D eigenvalue weighted by Gasteiger charge is 2.27. The van der Waals surface area contributed by atoms with Crippen LogP contribution < -0.4 is 15.8 Å². The minimum Gasteiger partial charge on any atom is -0.479 e. The zero-order valence-corrected chi connectivity index (χ0v) is 10.3. The van der Waals surface area contributed by atoms with Crippen LogP contribution in [0.25, 0.3) is 0 Å². The Morgan fingerprint density at radius 3 is 2.71 bits per heavy atom. The monoisotopic (exact) mass is 276 g/mol. The Morgan fingerprint density at radius 2 is 2.12 bits per heavy atom. The number of carbonyl (C=O) groups excluding carboxylic acids is 1. The standard InChI is InChI=1S/C9H9ClN2O4S/c1-4-9(13)12-8-6(11)2-5(17(10,14)15)3-7(8)16-4/h2-4H,11H2,1H3,(H,12,13). The molecule has 6 nitrogen and oxygen atoms in total. The van der Waals surface area contributed by atoms with E-state index in [-0.39, 0.29) is 27.9 Å². The van der Waals surface area contributed by atoms with Crippen molar-refractivity contribution in [2.24, 2.45) is 0 Å². The first kappa shape index (κ1) is 12.0. The maximum Gasteiger partial charge on any atom is 0.265 e. The highest BCUT2D eigenvalue weighted by atomic mass is 35.7. The third-order valence-electron chi connectivity index (χ3n) is 2.31. The minimum absolute atomic E-state index is 0.0852. The van der Waals surface area contributed by atoms with Crippen LogP contribution in [0.15, 0.2) is 17.0 Å². The van der Waals surface area contributed by atoms with E-state index >= 15 is 0 Å². The average molecular weight is 277 g/mol. The summed E-state index contributed by atoms with van der Waals surface area (Å²) in [4.78, 5) is 11.2.